The smallest absolute Gasteiger partial charge is 0.407 e. The second-order valence-corrected chi connectivity index (χ2v) is 8.23. The standard InChI is InChI=1S/C24H24F2N2O5/c25-19-11-28(12-20(19)26)23(31)21(9-10-22(29)30)27-24(32)33-13-18-16-7-3-1-5-14(16)15-6-2-4-8-17(15)18/h1-8,18-21H,9-13H2,(H,27,32)(H,29,30). The molecular weight excluding hydrogens is 434 g/mol. The summed E-state index contributed by atoms with van der Waals surface area (Å²) in [6.45, 7) is -0.853. The summed E-state index contributed by atoms with van der Waals surface area (Å²) in [7, 11) is 0. The molecule has 1 aliphatic carbocycles. The number of carboxylic acid groups (broad SMARTS) is 1. The highest BCUT2D eigenvalue weighted by atomic mass is 19.2. The number of alkyl halides is 2. The Labute approximate surface area is 189 Å². The summed E-state index contributed by atoms with van der Waals surface area (Å²) in [6, 6.07) is 14.4. The van der Waals surface area contributed by atoms with Crippen molar-refractivity contribution in [2.24, 2.45) is 0 Å². The highest BCUT2D eigenvalue weighted by Crippen LogP contribution is 2.44. The minimum Gasteiger partial charge on any atom is -0.481 e. The summed E-state index contributed by atoms with van der Waals surface area (Å²) in [4.78, 5) is 37.2. The first-order valence-electron chi connectivity index (χ1n) is 10.8. The Morgan fingerprint density at radius 3 is 2.09 bits per heavy atom. The molecule has 0 spiro atoms. The molecule has 1 saturated heterocycles. The van der Waals surface area contributed by atoms with Crippen LogP contribution in [0.3, 0.4) is 0 Å². The molecule has 2 N–H and O–H groups in total. The molecule has 9 heteroatoms. The molecule has 2 aromatic carbocycles. The lowest BCUT2D eigenvalue weighted by Gasteiger charge is -2.23. The average Bonchev–Trinajstić information content (AvgIpc) is 3.31. The lowest BCUT2D eigenvalue weighted by molar-refractivity contribution is -0.138. The van der Waals surface area contributed by atoms with Crippen molar-refractivity contribution in [2.75, 3.05) is 19.7 Å². The fourth-order valence-corrected chi connectivity index (χ4v) is 4.43. The van der Waals surface area contributed by atoms with Crippen molar-refractivity contribution >= 4 is 18.0 Å². The summed E-state index contributed by atoms with van der Waals surface area (Å²) in [5.41, 5.74) is 4.16. The van der Waals surface area contributed by atoms with Gasteiger partial charge in [-0.25, -0.2) is 13.6 Å². The van der Waals surface area contributed by atoms with E-state index in [-0.39, 0.29) is 18.9 Å². The maximum atomic E-state index is 13.5. The van der Waals surface area contributed by atoms with E-state index in [1.54, 1.807) is 0 Å². The Kier molecular flexibility index (Phi) is 6.57. The molecule has 0 radical (unpaired) electrons. The van der Waals surface area contributed by atoms with Gasteiger partial charge in [0.2, 0.25) is 5.91 Å². The van der Waals surface area contributed by atoms with Crippen LogP contribution in [0.1, 0.15) is 29.9 Å². The van der Waals surface area contributed by atoms with Crippen LogP contribution < -0.4 is 5.32 Å². The number of nitrogens with zero attached hydrogens (tertiary/aromatic N) is 1. The zero-order valence-corrected chi connectivity index (χ0v) is 17.7. The Balaban J connectivity index is 1.42. The van der Waals surface area contributed by atoms with Crippen molar-refractivity contribution in [3.63, 3.8) is 0 Å². The zero-order chi connectivity index (χ0) is 23.5. The van der Waals surface area contributed by atoms with Gasteiger partial charge in [0.1, 0.15) is 12.6 Å². The van der Waals surface area contributed by atoms with Crippen molar-refractivity contribution in [1.82, 2.24) is 10.2 Å². The van der Waals surface area contributed by atoms with Crippen LogP contribution in [0.4, 0.5) is 13.6 Å². The average molecular weight is 458 g/mol. The number of halogens is 2. The van der Waals surface area contributed by atoms with Gasteiger partial charge in [-0.3, -0.25) is 9.59 Å². The van der Waals surface area contributed by atoms with Gasteiger partial charge in [-0.05, 0) is 28.7 Å². The molecule has 7 nitrogen and oxygen atoms in total. The molecule has 2 aromatic rings. The number of alkyl carbamates (subject to hydrolysis) is 1. The predicted octanol–water partition coefficient (Wildman–Crippen LogP) is 3.28. The number of fused-ring (bicyclic) bond motifs is 3. The van der Waals surface area contributed by atoms with Gasteiger partial charge in [0.15, 0.2) is 12.3 Å². The SMILES string of the molecule is O=C(O)CCC(NC(=O)OCC1c2ccccc2-c2ccccc21)C(=O)N1CC(F)C(F)C1. The van der Waals surface area contributed by atoms with Crippen LogP contribution in [0.15, 0.2) is 48.5 Å². The maximum absolute atomic E-state index is 13.5. The quantitative estimate of drug-likeness (QED) is 0.664. The number of carbonyl (C=O) groups excluding carboxylic acids is 2. The Morgan fingerprint density at radius 1 is 1.00 bits per heavy atom. The number of nitrogens with one attached hydrogen (secondary N) is 1. The van der Waals surface area contributed by atoms with Crippen molar-refractivity contribution in [2.45, 2.75) is 37.1 Å². The second kappa shape index (κ2) is 9.56. The van der Waals surface area contributed by atoms with Gasteiger partial charge in [0, 0.05) is 12.3 Å². The first kappa shape index (κ1) is 22.7. The molecule has 3 unspecified atom stereocenters. The van der Waals surface area contributed by atoms with E-state index in [1.165, 1.54) is 0 Å². The summed E-state index contributed by atoms with van der Waals surface area (Å²) < 4.78 is 32.5. The first-order chi connectivity index (χ1) is 15.8. The third-order valence-electron chi connectivity index (χ3n) is 6.07. The first-order valence-corrected chi connectivity index (χ1v) is 10.8. The van der Waals surface area contributed by atoms with Crippen LogP contribution in [0.5, 0.6) is 0 Å². The number of carboxylic acids is 1. The van der Waals surface area contributed by atoms with Crippen LogP contribution in [0.2, 0.25) is 0 Å². The summed E-state index contributed by atoms with van der Waals surface area (Å²) in [5, 5.41) is 11.4. The van der Waals surface area contributed by atoms with E-state index < -0.39 is 55.9 Å². The van der Waals surface area contributed by atoms with E-state index in [0.717, 1.165) is 27.2 Å². The van der Waals surface area contributed by atoms with Gasteiger partial charge in [-0.2, -0.15) is 0 Å². The molecule has 1 heterocycles. The van der Waals surface area contributed by atoms with Crippen LogP contribution in [0.25, 0.3) is 11.1 Å². The van der Waals surface area contributed by atoms with Crippen LogP contribution >= 0.6 is 0 Å². The number of hydrogen-bond donors (Lipinski definition) is 2. The number of aliphatic carboxylic acids is 1. The van der Waals surface area contributed by atoms with E-state index in [1.807, 2.05) is 48.5 Å². The number of hydrogen-bond acceptors (Lipinski definition) is 4. The van der Waals surface area contributed by atoms with E-state index in [9.17, 15) is 23.2 Å². The molecule has 1 aliphatic heterocycles. The number of amides is 2. The predicted molar refractivity (Wildman–Crippen MR) is 115 cm³/mol. The summed E-state index contributed by atoms with van der Waals surface area (Å²) in [6.07, 6.45) is -5.12. The largest absolute Gasteiger partial charge is 0.481 e. The van der Waals surface area contributed by atoms with Crippen molar-refractivity contribution in [1.29, 1.82) is 0 Å². The molecule has 2 aliphatic rings. The van der Waals surface area contributed by atoms with E-state index in [4.69, 9.17) is 9.84 Å². The molecule has 3 atom stereocenters. The molecule has 33 heavy (non-hydrogen) atoms. The van der Waals surface area contributed by atoms with Gasteiger partial charge in [-0.1, -0.05) is 48.5 Å². The number of benzene rings is 2. The molecule has 174 valence electrons. The van der Waals surface area contributed by atoms with Gasteiger partial charge in [0.25, 0.3) is 0 Å². The summed E-state index contributed by atoms with van der Waals surface area (Å²) in [5.74, 6) is -2.07. The zero-order valence-electron chi connectivity index (χ0n) is 17.7. The maximum Gasteiger partial charge on any atom is 0.407 e. The molecule has 0 aromatic heterocycles. The molecular formula is C24H24F2N2O5. The third kappa shape index (κ3) is 4.81. The fourth-order valence-electron chi connectivity index (χ4n) is 4.43. The number of likely N-dealkylation sites (tertiary alicyclic amines) is 1. The van der Waals surface area contributed by atoms with E-state index in [0.29, 0.717) is 0 Å². The van der Waals surface area contributed by atoms with Crippen molar-refractivity contribution < 1.29 is 33.0 Å². The Hall–Kier alpha value is -3.49. The molecule has 4 rings (SSSR count). The van der Waals surface area contributed by atoms with Crippen LogP contribution in [-0.2, 0) is 14.3 Å². The number of rotatable bonds is 7. The van der Waals surface area contributed by atoms with Gasteiger partial charge < -0.3 is 20.1 Å². The minimum atomic E-state index is -1.80. The second-order valence-electron chi connectivity index (χ2n) is 8.23. The van der Waals surface area contributed by atoms with Gasteiger partial charge in [-0.15, -0.1) is 0 Å². The van der Waals surface area contributed by atoms with Gasteiger partial charge >= 0.3 is 12.1 Å². The highest BCUT2D eigenvalue weighted by Gasteiger charge is 2.38. The summed E-state index contributed by atoms with van der Waals surface area (Å²) >= 11 is 0. The Bertz CT molecular complexity index is 1010. The lowest BCUT2D eigenvalue weighted by atomic mass is 9.98. The number of carbonyl (C=O) groups is 3. The molecule has 2 amide bonds. The monoisotopic (exact) mass is 458 g/mol. The third-order valence-corrected chi connectivity index (χ3v) is 6.07. The van der Waals surface area contributed by atoms with Crippen LogP contribution in [-0.4, -0.2) is 66.1 Å². The van der Waals surface area contributed by atoms with E-state index in [2.05, 4.69) is 5.32 Å². The molecule has 1 fully saturated rings. The topological polar surface area (TPSA) is 95.9 Å². The lowest BCUT2D eigenvalue weighted by Crippen LogP contribution is -2.48. The Morgan fingerprint density at radius 2 is 1.55 bits per heavy atom. The van der Waals surface area contributed by atoms with Gasteiger partial charge in [0.05, 0.1) is 13.1 Å². The van der Waals surface area contributed by atoms with Crippen molar-refractivity contribution in [3.8, 4) is 11.1 Å². The van der Waals surface area contributed by atoms with Crippen LogP contribution in [0, 0.1) is 0 Å². The van der Waals surface area contributed by atoms with E-state index >= 15 is 0 Å². The molecule has 0 bridgehead atoms. The van der Waals surface area contributed by atoms with Crippen molar-refractivity contribution in [3.05, 3.63) is 59.7 Å². The fraction of sp³-hybridized carbons (Fsp3) is 0.375. The normalized spacial score (nSPS) is 20.1. The number of ether oxygens (including phenoxy) is 1. The highest BCUT2D eigenvalue weighted by molar-refractivity contribution is 5.86. The minimum absolute atomic E-state index is 0.0164. The molecule has 0 saturated carbocycles.